The lowest BCUT2D eigenvalue weighted by Gasteiger charge is -2.46. The highest BCUT2D eigenvalue weighted by Gasteiger charge is 2.50. The number of hydrogen-bond acceptors (Lipinski definition) is 0. The fourth-order valence-corrected chi connectivity index (χ4v) is 4.82. The Hall–Kier alpha value is 0. The molecule has 0 radical (unpaired) electrons. The van der Waals surface area contributed by atoms with Gasteiger partial charge in [0.15, 0.2) is 0 Å². The second-order valence-electron chi connectivity index (χ2n) is 6.55. The molecule has 0 N–H and O–H groups in total. The van der Waals surface area contributed by atoms with Crippen molar-refractivity contribution in [1.82, 2.24) is 0 Å². The molecule has 2 saturated carbocycles. The van der Waals surface area contributed by atoms with Crippen LogP contribution in [0.1, 0.15) is 80.1 Å². The van der Waals surface area contributed by atoms with E-state index in [-0.39, 0.29) is 0 Å². The van der Waals surface area contributed by atoms with Crippen LogP contribution in [0.5, 0.6) is 0 Å². The molecular weight excluding hydrogens is 204 g/mol. The third-order valence-electron chi connectivity index (χ3n) is 5.88. The summed E-state index contributed by atoms with van der Waals surface area (Å²) in [5.74, 6) is 4.02. The first-order valence-electron chi connectivity index (χ1n) is 8.09. The van der Waals surface area contributed by atoms with Gasteiger partial charge in [-0.05, 0) is 48.3 Å². The van der Waals surface area contributed by atoms with Gasteiger partial charge in [-0.25, -0.2) is 0 Å². The van der Waals surface area contributed by atoms with Gasteiger partial charge < -0.3 is 0 Å². The summed E-state index contributed by atoms with van der Waals surface area (Å²) in [6, 6.07) is 0. The molecule has 5 atom stereocenters. The van der Waals surface area contributed by atoms with Crippen LogP contribution >= 0.6 is 0 Å². The summed E-state index contributed by atoms with van der Waals surface area (Å²) in [6.07, 6.45) is 8.90. The minimum absolute atomic E-state index is 0.701. The van der Waals surface area contributed by atoms with Crippen molar-refractivity contribution in [2.24, 2.45) is 29.1 Å². The molecule has 0 aliphatic heterocycles. The molecule has 0 heterocycles. The molecule has 2 aliphatic rings. The molecule has 0 saturated heterocycles. The monoisotopic (exact) mass is 238 g/mol. The highest BCUT2D eigenvalue weighted by atomic mass is 14.6. The van der Waals surface area contributed by atoms with Crippen LogP contribution in [0.25, 0.3) is 0 Å². The summed E-state index contributed by atoms with van der Waals surface area (Å²) in [4.78, 5) is 0. The molecule has 0 amide bonds. The zero-order valence-electron chi connectivity index (χ0n) is 13.1. The third kappa shape index (κ3) is 2.71. The average Bonchev–Trinajstić information content (AvgIpc) is 2.69. The minimum Gasteiger partial charge on any atom is -0.0683 e. The van der Waals surface area contributed by atoms with Crippen LogP contribution < -0.4 is 0 Å². The topological polar surface area (TPSA) is 0 Å². The van der Waals surface area contributed by atoms with Crippen LogP contribution in [0.4, 0.5) is 0 Å². The summed E-state index contributed by atoms with van der Waals surface area (Å²) in [5, 5.41) is 0. The Balaban J connectivity index is 0.000000686. The molecule has 0 spiro atoms. The summed E-state index contributed by atoms with van der Waals surface area (Å²) in [6.45, 7) is 14.0. The van der Waals surface area contributed by atoms with Crippen molar-refractivity contribution >= 4 is 0 Å². The first kappa shape index (κ1) is 15.1. The first-order chi connectivity index (χ1) is 8.09. The summed E-state index contributed by atoms with van der Waals surface area (Å²) >= 11 is 0. The molecule has 0 aromatic heterocycles. The highest BCUT2D eigenvalue weighted by molar-refractivity contribution is 5.00. The van der Waals surface area contributed by atoms with E-state index >= 15 is 0 Å². The molecule has 2 fully saturated rings. The van der Waals surface area contributed by atoms with Gasteiger partial charge in [0.25, 0.3) is 0 Å². The molecule has 0 bridgehead atoms. The molecular formula is C17H34. The fourth-order valence-electron chi connectivity index (χ4n) is 4.82. The van der Waals surface area contributed by atoms with E-state index in [2.05, 4.69) is 27.7 Å². The largest absolute Gasteiger partial charge is 0.0683 e. The summed E-state index contributed by atoms with van der Waals surface area (Å²) in [5.41, 5.74) is 0.701. The van der Waals surface area contributed by atoms with Crippen LogP contribution in [0.15, 0.2) is 0 Å². The number of fused-ring (bicyclic) bond motifs is 1. The van der Waals surface area contributed by atoms with E-state index in [0.717, 1.165) is 23.7 Å². The van der Waals surface area contributed by atoms with Gasteiger partial charge in [-0.1, -0.05) is 60.8 Å². The Labute approximate surface area is 110 Å². The molecule has 2 aliphatic carbocycles. The zero-order valence-corrected chi connectivity index (χ0v) is 13.1. The molecule has 0 heteroatoms. The zero-order chi connectivity index (χ0) is 13.1. The lowest BCUT2D eigenvalue weighted by Crippen LogP contribution is -2.38. The quantitative estimate of drug-likeness (QED) is 0.561. The minimum atomic E-state index is 0.701. The van der Waals surface area contributed by atoms with E-state index in [4.69, 9.17) is 0 Å². The standard InChI is InChI=1S/C15H28.C2H6/c1-5-11(2)13-8-9-14-12(3)7-6-10-15(13,14)4;1-2/h11-14H,5-10H2,1-4H3;1-2H3/t11-,12?,13?,14?,15?;/m1./s1. The van der Waals surface area contributed by atoms with Gasteiger partial charge in [0.1, 0.15) is 0 Å². The molecule has 2 rings (SSSR count). The Morgan fingerprint density at radius 1 is 1.18 bits per heavy atom. The fraction of sp³-hybridized carbons (Fsp3) is 1.00. The van der Waals surface area contributed by atoms with Gasteiger partial charge >= 0.3 is 0 Å². The van der Waals surface area contributed by atoms with Crippen molar-refractivity contribution in [1.29, 1.82) is 0 Å². The number of hydrogen-bond donors (Lipinski definition) is 0. The Kier molecular flexibility index (Phi) is 5.54. The third-order valence-corrected chi connectivity index (χ3v) is 5.88. The van der Waals surface area contributed by atoms with Crippen molar-refractivity contribution in [3.8, 4) is 0 Å². The van der Waals surface area contributed by atoms with Crippen LogP contribution in [0.2, 0.25) is 0 Å². The van der Waals surface area contributed by atoms with Gasteiger partial charge in [0, 0.05) is 0 Å². The van der Waals surface area contributed by atoms with E-state index in [1.807, 2.05) is 13.8 Å². The molecule has 0 nitrogen and oxygen atoms in total. The average molecular weight is 238 g/mol. The Bertz CT molecular complexity index is 220. The first-order valence-corrected chi connectivity index (χ1v) is 8.09. The van der Waals surface area contributed by atoms with E-state index in [9.17, 15) is 0 Å². The van der Waals surface area contributed by atoms with Crippen molar-refractivity contribution in [2.75, 3.05) is 0 Å². The SMILES string of the molecule is CC.CC[C@@H](C)C1CCC2C(C)CCCC21C. The predicted octanol–water partition coefficient (Wildman–Crippen LogP) is 5.91. The van der Waals surface area contributed by atoms with Crippen molar-refractivity contribution in [2.45, 2.75) is 80.1 Å². The van der Waals surface area contributed by atoms with Gasteiger partial charge in [0.05, 0.1) is 0 Å². The maximum atomic E-state index is 2.61. The molecule has 102 valence electrons. The van der Waals surface area contributed by atoms with Crippen LogP contribution in [0.3, 0.4) is 0 Å². The normalized spacial score (nSPS) is 42.4. The molecule has 0 aromatic rings. The molecule has 4 unspecified atom stereocenters. The van der Waals surface area contributed by atoms with Gasteiger partial charge in [-0.2, -0.15) is 0 Å². The van der Waals surface area contributed by atoms with E-state index < -0.39 is 0 Å². The second kappa shape index (κ2) is 6.25. The maximum Gasteiger partial charge on any atom is -0.0264 e. The van der Waals surface area contributed by atoms with Crippen molar-refractivity contribution in [3.05, 3.63) is 0 Å². The van der Waals surface area contributed by atoms with E-state index in [1.165, 1.54) is 38.5 Å². The smallest absolute Gasteiger partial charge is 0.0264 e. The molecule has 17 heavy (non-hydrogen) atoms. The highest BCUT2D eigenvalue weighted by Crippen LogP contribution is 2.59. The predicted molar refractivity (Wildman–Crippen MR) is 78.1 cm³/mol. The Morgan fingerprint density at radius 3 is 2.41 bits per heavy atom. The van der Waals surface area contributed by atoms with Crippen LogP contribution in [-0.4, -0.2) is 0 Å². The van der Waals surface area contributed by atoms with Gasteiger partial charge in [0.2, 0.25) is 0 Å². The Morgan fingerprint density at radius 2 is 1.82 bits per heavy atom. The second-order valence-corrected chi connectivity index (χ2v) is 6.55. The van der Waals surface area contributed by atoms with E-state index in [0.29, 0.717) is 5.41 Å². The van der Waals surface area contributed by atoms with Crippen molar-refractivity contribution in [3.63, 3.8) is 0 Å². The number of rotatable bonds is 2. The molecule has 0 aromatic carbocycles. The lowest BCUT2D eigenvalue weighted by atomic mass is 9.59. The summed E-state index contributed by atoms with van der Waals surface area (Å²) in [7, 11) is 0. The van der Waals surface area contributed by atoms with E-state index in [1.54, 1.807) is 0 Å². The van der Waals surface area contributed by atoms with Crippen LogP contribution in [-0.2, 0) is 0 Å². The lowest BCUT2D eigenvalue weighted by molar-refractivity contribution is 0.0362. The summed E-state index contributed by atoms with van der Waals surface area (Å²) < 4.78 is 0. The van der Waals surface area contributed by atoms with Crippen LogP contribution in [0, 0.1) is 29.1 Å². The maximum absolute atomic E-state index is 2.61. The van der Waals surface area contributed by atoms with Gasteiger partial charge in [-0.3, -0.25) is 0 Å². The van der Waals surface area contributed by atoms with Crippen molar-refractivity contribution < 1.29 is 0 Å². The van der Waals surface area contributed by atoms with Gasteiger partial charge in [-0.15, -0.1) is 0 Å².